The van der Waals surface area contributed by atoms with Crippen molar-refractivity contribution in [2.24, 2.45) is 5.73 Å². The van der Waals surface area contributed by atoms with Crippen molar-refractivity contribution < 1.29 is 4.79 Å². The van der Waals surface area contributed by atoms with Crippen molar-refractivity contribution in [1.82, 2.24) is 15.3 Å². The molecular weight excluding hydrogens is 428 g/mol. The minimum Gasteiger partial charge on any atom is -0.401 e. The lowest BCUT2D eigenvalue weighted by Crippen LogP contribution is -2.42. The third-order valence-corrected chi connectivity index (χ3v) is 7.11. The largest absolute Gasteiger partial charge is 0.401 e. The number of nitrogens with one attached hydrogen (secondary N) is 1. The summed E-state index contributed by atoms with van der Waals surface area (Å²) in [5.41, 5.74) is 7.88. The maximum Gasteiger partial charge on any atom is 0.259 e. The highest BCUT2D eigenvalue weighted by Gasteiger charge is 2.34. The molecule has 0 bridgehead atoms. The summed E-state index contributed by atoms with van der Waals surface area (Å²) >= 11 is 7.33. The molecule has 3 rings (SSSR count). The van der Waals surface area contributed by atoms with Gasteiger partial charge in [-0.2, -0.15) is 0 Å². The van der Waals surface area contributed by atoms with Crippen molar-refractivity contribution in [3.63, 3.8) is 0 Å². The van der Waals surface area contributed by atoms with Gasteiger partial charge >= 0.3 is 0 Å². The lowest BCUT2D eigenvalue weighted by Gasteiger charge is -2.38. The fourth-order valence-corrected chi connectivity index (χ4v) is 4.97. The van der Waals surface area contributed by atoms with Crippen LogP contribution in [0.3, 0.4) is 0 Å². The molecule has 1 aromatic carbocycles. The number of hydrogen-bond acceptors (Lipinski definition) is 5. The van der Waals surface area contributed by atoms with Gasteiger partial charge in [0.2, 0.25) is 0 Å². The zero-order valence-electron chi connectivity index (χ0n) is 17.9. The predicted octanol–water partition coefficient (Wildman–Crippen LogP) is 5.43. The van der Waals surface area contributed by atoms with Gasteiger partial charge in [0, 0.05) is 40.0 Å². The van der Waals surface area contributed by atoms with Crippen molar-refractivity contribution in [2.75, 3.05) is 6.54 Å². The van der Waals surface area contributed by atoms with E-state index in [-0.39, 0.29) is 11.3 Å². The number of benzene rings is 1. The average Bonchev–Trinajstić information content (AvgIpc) is 2.82. The number of carbonyl (C=O) groups excluding carboxylic acids is 1. The van der Waals surface area contributed by atoms with Crippen molar-refractivity contribution >= 4 is 34.2 Å². The van der Waals surface area contributed by atoms with Crippen LogP contribution in [0.5, 0.6) is 0 Å². The maximum absolute atomic E-state index is 13.2. The van der Waals surface area contributed by atoms with Crippen LogP contribution in [0.4, 0.5) is 0 Å². The van der Waals surface area contributed by atoms with Crippen LogP contribution in [0.1, 0.15) is 56.8 Å². The van der Waals surface area contributed by atoms with E-state index >= 15 is 0 Å². The Morgan fingerprint density at radius 1 is 1.19 bits per heavy atom. The van der Waals surface area contributed by atoms with Gasteiger partial charge in [-0.3, -0.25) is 4.79 Å². The molecule has 1 saturated carbocycles. The molecule has 31 heavy (non-hydrogen) atoms. The number of nitrogens with zero attached hydrogens (tertiary/aromatic N) is 2. The number of halogens is 1. The Kier molecular flexibility index (Phi) is 8.15. The Hall–Kier alpha value is -2.31. The number of aromatic nitrogens is 2. The van der Waals surface area contributed by atoms with E-state index in [1.165, 1.54) is 23.7 Å². The lowest BCUT2D eigenvalue weighted by molar-refractivity contribution is -0.117. The SMILES string of the molecule is C=C(S/C(C(=O)NCC1(c2ccc(Cl)cc2)CCCCC1)=C(\N)CC)c1ncccn1. The molecule has 3 N–H and O–H groups in total. The van der Waals surface area contributed by atoms with Crippen molar-refractivity contribution in [1.29, 1.82) is 0 Å². The molecule has 1 aromatic heterocycles. The van der Waals surface area contributed by atoms with E-state index in [1.807, 2.05) is 19.1 Å². The van der Waals surface area contributed by atoms with Crippen LogP contribution in [0.25, 0.3) is 4.91 Å². The molecule has 1 aliphatic carbocycles. The van der Waals surface area contributed by atoms with Crippen LogP contribution in [-0.4, -0.2) is 22.4 Å². The van der Waals surface area contributed by atoms with Crippen LogP contribution in [0, 0.1) is 0 Å². The van der Waals surface area contributed by atoms with E-state index in [2.05, 4.69) is 34.0 Å². The topological polar surface area (TPSA) is 80.9 Å². The van der Waals surface area contributed by atoms with Crippen LogP contribution < -0.4 is 11.1 Å². The summed E-state index contributed by atoms with van der Waals surface area (Å²) in [4.78, 5) is 22.7. The molecule has 0 saturated heterocycles. The molecule has 0 spiro atoms. The summed E-state index contributed by atoms with van der Waals surface area (Å²) < 4.78 is 0. The van der Waals surface area contributed by atoms with Gasteiger partial charge in [-0.05, 0) is 43.0 Å². The van der Waals surface area contributed by atoms with Crippen LogP contribution in [-0.2, 0) is 10.2 Å². The molecule has 1 heterocycles. The van der Waals surface area contributed by atoms with E-state index in [1.54, 1.807) is 18.5 Å². The zero-order valence-corrected chi connectivity index (χ0v) is 19.4. The Morgan fingerprint density at radius 3 is 2.45 bits per heavy atom. The minimum atomic E-state index is -0.180. The number of nitrogens with two attached hydrogens (primary N) is 1. The maximum atomic E-state index is 13.2. The van der Waals surface area contributed by atoms with Gasteiger partial charge in [0.1, 0.15) is 0 Å². The highest BCUT2D eigenvalue weighted by atomic mass is 35.5. The first kappa shape index (κ1) is 23.4. The average molecular weight is 457 g/mol. The van der Waals surface area contributed by atoms with Gasteiger partial charge in [0.25, 0.3) is 5.91 Å². The Morgan fingerprint density at radius 2 is 1.84 bits per heavy atom. The number of allylic oxidation sites excluding steroid dienone is 1. The lowest BCUT2D eigenvalue weighted by atomic mass is 9.69. The normalized spacial score (nSPS) is 16.3. The van der Waals surface area contributed by atoms with E-state index in [0.29, 0.717) is 34.3 Å². The third kappa shape index (κ3) is 5.89. The molecule has 0 radical (unpaired) electrons. The molecule has 0 unspecified atom stereocenters. The fraction of sp³-hybridized carbons (Fsp3) is 0.375. The highest BCUT2D eigenvalue weighted by molar-refractivity contribution is 8.12. The molecule has 0 atom stereocenters. The first-order valence-electron chi connectivity index (χ1n) is 10.6. The van der Waals surface area contributed by atoms with Crippen LogP contribution in [0.2, 0.25) is 5.02 Å². The van der Waals surface area contributed by atoms with Gasteiger partial charge in [-0.25, -0.2) is 9.97 Å². The first-order valence-corrected chi connectivity index (χ1v) is 11.8. The van der Waals surface area contributed by atoms with E-state index in [4.69, 9.17) is 17.3 Å². The van der Waals surface area contributed by atoms with E-state index in [9.17, 15) is 4.79 Å². The Bertz CT molecular complexity index is 938. The van der Waals surface area contributed by atoms with Crippen LogP contribution >= 0.6 is 23.4 Å². The van der Waals surface area contributed by atoms with Gasteiger partial charge in [-0.1, -0.05) is 68.3 Å². The second kappa shape index (κ2) is 10.8. The van der Waals surface area contributed by atoms with Gasteiger partial charge in [0.15, 0.2) is 5.82 Å². The smallest absolute Gasteiger partial charge is 0.259 e. The van der Waals surface area contributed by atoms with Gasteiger partial charge in [-0.15, -0.1) is 0 Å². The van der Waals surface area contributed by atoms with Crippen molar-refractivity contribution in [2.45, 2.75) is 50.9 Å². The molecule has 7 heteroatoms. The molecule has 164 valence electrons. The highest BCUT2D eigenvalue weighted by Crippen LogP contribution is 2.40. The van der Waals surface area contributed by atoms with Crippen molar-refractivity contribution in [3.05, 3.63) is 76.3 Å². The number of thioether (sulfide) groups is 1. The molecule has 5 nitrogen and oxygen atoms in total. The number of carbonyl (C=O) groups is 1. The van der Waals surface area contributed by atoms with Gasteiger partial charge in [0.05, 0.1) is 4.91 Å². The quantitative estimate of drug-likeness (QED) is 0.517. The standard InChI is InChI=1S/C24H29ClN4OS/c1-3-20(26)21(31-17(2)22-27-14-7-15-28-22)23(30)29-16-24(12-5-4-6-13-24)18-8-10-19(25)11-9-18/h7-11,14-15H,2-6,12-13,16,26H2,1H3,(H,29,30)/b21-20-. The third-order valence-electron chi connectivity index (χ3n) is 5.77. The summed E-state index contributed by atoms with van der Waals surface area (Å²) in [5, 5.41) is 3.89. The van der Waals surface area contributed by atoms with E-state index < -0.39 is 0 Å². The summed E-state index contributed by atoms with van der Waals surface area (Å²) in [7, 11) is 0. The predicted molar refractivity (Wildman–Crippen MR) is 129 cm³/mol. The molecule has 1 aliphatic rings. The summed E-state index contributed by atoms with van der Waals surface area (Å²) in [6.07, 6.45) is 9.47. The number of rotatable bonds is 8. The molecule has 0 aliphatic heterocycles. The zero-order chi connectivity index (χ0) is 22.3. The second-order valence-electron chi connectivity index (χ2n) is 7.84. The minimum absolute atomic E-state index is 0.0885. The van der Waals surface area contributed by atoms with Gasteiger partial charge < -0.3 is 11.1 Å². The first-order chi connectivity index (χ1) is 14.9. The van der Waals surface area contributed by atoms with E-state index in [0.717, 1.165) is 30.7 Å². The molecular formula is C24H29ClN4OS. The summed E-state index contributed by atoms with van der Waals surface area (Å²) in [5.74, 6) is 0.312. The Balaban J connectivity index is 1.77. The van der Waals surface area contributed by atoms with Crippen LogP contribution in [0.15, 0.2) is 59.9 Å². The molecule has 1 fully saturated rings. The van der Waals surface area contributed by atoms with Crippen molar-refractivity contribution in [3.8, 4) is 0 Å². The number of hydrogen-bond donors (Lipinski definition) is 2. The summed E-state index contributed by atoms with van der Waals surface area (Å²) in [6.45, 7) is 6.53. The summed E-state index contributed by atoms with van der Waals surface area (Å²) in [6, 6.07) is 9.76. The molecule has 2 aromatic rings. The second-order valence-corrected chi connectivity index (χ2v) is 9.38. The fourth-order valence-electron chi connectivity index (χ4n) is 3.96. The molecule has 1 amide bonds. The Labute approximate surface area is 193 Å². The number of amides is 1. The monoisotopic (exact) mass is 456 g/mol.